The average Bonchev–Trinajstić information content (AvgIpc) is 2.47. The minimum Gasteiger partial charge on any atom is -0.506 e. The van der Waals surface area contributed by atoms with Crippen molar-refractivity contribution >= 4 is 33.0 Å². The van der Waals surface area contributed by atoms with E-state index in [1.807, 2.05) is 0 Å². The lowest BCUT2D eigenvalue weighted by atomic mass is 10.2. The van der Waals surface area contributed by atoms with Gasteiger partial charge < -0.3 is 10.4 Å². The number of sulfonamides is 1. The summed E-state index contributed by atoms with van der Waals surface area (Å²) in [5, 5.41) is 25.1. The van der Waals surface area contributed by atoms with Gasteiger partial charge in [0, 0.05) is 12.6 Å². The number of aromatic hydroxyl groups is 1. The predicted octanol–water partition coefficient (Wildman–Crippen LogP) is 2.41. The number of carbonyl (C=O) groups is 1. The van der Waals surface area contributed by atoms with Crippen LogP contribution in [0, 0.1) is 0 Å². The maximum Gasteiger partial charge on any atom is 0.238 e. The lowest BCUT2D eigenvalue weighted by molar-refractivity contribution is -0.114. The molecule has 8 nitrogen and oxygen atoms in total. The third-order valence-corrected chi connectivity index (χ3v) is 3.66. The van der Waals surface area contributed by atoms with Gasteiger partial charge in [-0.25, -0.2) is 13.6 Å². The number of nitrogens with two attached hydrogens (primary N) is 1. The molecule has 0 aliphatic carbocycles. The molecule has 0 aliphatic rings. The molecule has 0 atom stereocenters. The second kappa shape index (κ2) is 6.55. The van der Waals surface area contributed by atoms with Gasteiger partial charge in [0.1, 0.15) is 11.4 Å². The first-order valence-electron chi connectivity index (χ1n) is 6.41. The SMILES string of the molecule is CC(=O)Nc1ccc(O)c(N=Nc2ccc(S(N)(=O)=O)cc2)c1. The van der Waals surface area contributed by atoms with Crippen LogP contribution in [0.4, 0.5) is 17.1 Å². The molecule has 0 fully saturated rings. The zero-order valence-corrected chi connectivity index (χ0v) is 12.9. The number of carbonyl (C=O) groups excluding carboxylic acids is 1. The summed E-state index contributed by atoms with van der Waals surface area (Å²) in [6, 6.07) is 9.82. The molecule has 0 aromatic heterocycles. The summed E-state index contributed by atoms with van der Waals surface area (Å²) in [5.41, 5.74) is 1.00. The minimum absolute atomic E-state index is 0.0352. The Morgan fingerprint density at radius 1 is 1.13 bits per heavy atom. The number of amides is 1. The van der Waals surface area contributed by atoms with E-state index in [2.05, 4.69) is 15.5 Å². The van der Waals surface area contributed by atoms with Crippen molar-refractivity contribution in [3.05, 3.63) is 42.5 Å². The number of benzene rings is 2. The Morgan fingerprint density at radius 2 is 1.78 bits per heavy atom. The number of primary sulfonamides is 1. The molecule has 1 amide bonds. The van der Waals surface area contributed by atoms with Crippen LogP contribution in [0.1, 0.15) is 6.92 Å². The van der Waals surface area contributed by atoms with E-state index in [1.165, 1.54) is 49.4 Å². The first-order valence-corrected chi connectivity index (χ1v) is 7.95. The topological polar surface area (TPSA) is 134 Å². The van der Waals surface area contributed by atoms with Crippen LogP contribution in [0.5, 0.6) is 5.75 Å². The van der Waals surface area contributed by atoms with Gasteiger partial charge in [0.15, 0.2) is 0 Å². The summed E-state index contributed by atoms with van der Waals surface area (Å²) < 4.78 is 22.3. The van der Waals surface area contributed by atoms with Crippen molar-refractivity contribution in [2.24, 2.45) is 15.4 Å². The lowest BCUT2D eigenvalue weighted by Crippen LogP contribution is -2.11. The van der Waals surface area contributed by atoms with Crippen LogP contribution in [0.3, 0.4) is 0 Å². The number of hydrogen-bond donors (Lipinski definition) is 3. The van der Waals surface area contributed by atoms with E-state index in [1.54, 1.807) is 0 Å². The van der Waals surface area contributed by atoms with E-state index in [0.717, 1.165) is 0 Å². The van der Waals surface area contributed by atoms with Crippen molar-refractivity contribution in [3.63, 3.8) is 0 Å². The molecule has 0 saturated carbocycles. The first-order chi connectivity index (χ1) is 10.8. The van der Waals surface area contributed by atoms with Gasteiger partial charge in [-0.1, -0.05) is 0 Å². The van der Waals surface area contributed by atoms with Gasteiger partial charge >= 0.3 is 0 Å². The zero-order chi connectivity index (χ0) is 17.0. The lowest BCUT2D eigenvalue weighted by Gasteiger charge is -2.04. The maximum atomic E-state index is 11.1. The highest BCUT2D eigenvalue weighted by molar-refractivity contribution is 7.89. The summed E-state index contributed by atoms with van der Waals surface area (Å²) in [5.74, 6) is -0.360. The third-order valence-electron chi connectivity index (χ3n) is 2.73. The summed E-state index contributed by atoms with van der Waals surface area (Å²) in [7, 11) is -3.76. The van der Waals surface area contributed by atoms with E-state index < -0.39 is 10.0 Å². The molecule has 2 rings (SSSR count). The van der Waals surface area contributed by atoms with Gasteiger partial charge in [-0.05, 0) is 42.5 Å². The minimum atomic E-state index is -3.76. The molecule has 0 aliphatic heterocycles. The Bertz CT molecular complexity index is 861. The Morgan fingerprint density at radius 3 is 2.35 bits per heavy atom. The van der Waals surface area contributed by atoms with Crippen LogP contribution in [-0.4, -0.2) is 19.4 Å². The summed E-state index contributed by atoms with van der Waals surface area (Å²) >= 11 is 0. The van der Waals surface area contributed by atoms with Crippen molar-refractivity contribution in [1.29, 1.82) is 0 Å². The highest BCUT2D eigenvalue weighted by Crippen LogP contribution is 2.31. The van der Waals surface area contributed by atoms with Crippen LogP contribution >= 0.6 is 0 Å². The van der Waals surface area contributed by atoms with Gasteiger partial charge in [-0.15, -0.1) is 5.11 Å². The molecule has 0 spiro atoms. The average molecular weight is 334 g/mol. The molecule has 0 saturated heterocycles. The summed E-state index contributed by atoms with van der Waals surface area (Å²) in [6.45, 7) is 1.36. The summed E-state index contributed by atoms with van der Waals surface area (Å²) in [4.78, 5) is 11.0. The fourth-order valence-corrected chi connectivity index (χ4v) is 2.21. The normalized spacial score (nSPS) is 11.6. The Balaban J connectivity index is 2.24. The van der Waals surface area contributed by atoms with Crippen molar-refractivity contribution in [1.82, 2.24) is 0 Å². The highest BCUT2D eigenvalue weighted by Gasteiger charge is 2.07. The molecule has 0 bridgehead atoms. The highest BCUT2D eigenvalue weighted by atomic mass is 32.2. The molecule has 2 aromatic carbocycles. The molecule has 0 heterocycles. The van der Waals surface area contributed by atoms with Gasteiger partial charge in [0.25, 0.3) is 0 Å². The quantitative estimate of drug-likeness (QED) is 0.584. The maximum absolute atomic E-state index is 11.1. The van der Waals surface area contributed by atoms with Crippen LogP contribution < -0.4 is 10.5 Å². The number of nitrogens with one attached hydrogen (secondary N) is 1. The predicted molar refractivity (Wildman–Crippen MR) is 84.4 cm³/mol. The molecule has 0 unspecified atom stereocenters. The van der Waals surface area contributed by atoms with Crippen molar-refractivity contribution in [2.75, 3.05) is 5.32 Å². The van der Waals surface area contributed by atoms with Crippen LogP contribution in [0.2, 0.25) is 0 Å². The Labute approximate surface area is 132 Å². The second-order valence-corrected chi connectivity index (χ2v) is 6.19. The van der Waals surface area contributed by atoms with Crippen LogP contribution in [0.15, 0.2) is 57.6 Å². The van der Waals surface area contributed by atoms with Crippen molar-refractivity contribution in [2.45, 2.75) is 11.8 Å². The number of hydrogen-bond acceptors (Lipinski definition) is 6. The first kappa shape index (κ1) is 16.6. The van der Waals surface area contributed by atoms with Gasteiger partial charge in [-0.3, -0.25) is 4.79 Å². The van der Waals surface area contributed by atoms with Crippen LogP contribution in [-0.2, 0) is 14.8 Å². The molecular weight excluding hydrogens is 320 g/mol. The monoisotopic (exact) mass is 334 g/mol. The number of phenols is 1. The number of nitrogens with zero attached hydrogens (tertiary/aromatic N) is 2. The Kier molecular flexibility index (Phi) is 4.72. The van der Waals surface area contributed by atoms with E-state index >= 15 is 0 Å². The standard InChI is InChI=1S/C14H14N4O4S/c1-9(19)16-11-4-7-14(20)13(8-11)18-17-10-2-5-12(6-3-10)23(15,21)22/h2-8,20H,1H3,(H,16,19)(H2,15,21,22). The van der Waals surface area contributed by atoms with Crippen molar-refractivity contribution in [3.8, 4) is 5.75 Å². The largest absolute Gasteiger partial charge is 0.506 e. The Hall–Kier alpha value is -2.78. The molecule has 2 aromatic rings. The fraction of sp³-hybridized carbons (Fsp3) is 0.0714. The smallest absolute Gasteiger partial charge is 0.238 e. The van der Waals surface area contributed by atoms with Crippen molar-refractivity contribution < 1.29 is 18.3 Å². The molecular formula is C14H14N4O4S. The van der Waals surface area contributed by atoms with Gasteiger partial charge in [0.05, 0.1) is 10.6 Å². The molecule has 23 heavy (non-hydrogen) atoms. The molecule has 0 radical (unpaired) electrons. The molecule has 4 N–H and O–H groups in total. The van der Waals surface area contributed by atoms with Gasteiger partial charge in [-0.2, -0.15) is 5.11 Å². The van der Waals surface area contributed by atoms with E-state index in [4.69, 9.17) is 5.14 Å². The second-order valence-electron chi connectivity index (χ2n) is 4.62. The van der Waals surface area contributed by atoms with E-state index in [0.29, 0.717) is 11.4 Å². The summed E-state index contributed by atoms with van der Waals surface area (Å²) in [6.07, 6.45) is 0. The van der Waals surface area contributed by atoms with Gasteiger partial charge in [0.2, 0.25) is 15.9 Å². The fourth-order valence-electron chi connectivity index (χ4n) is 1.70. The van der Waals surface area contributed by atoms with Crippen LogP contribution in [0.25, 0.3) is 0 Å². The van der Waals surface area contributed by atoms with E-state index in [-0.39, 0.29) is 22.2 Å². The zero-order valence-electron chi connectivity index (χ0n) is 12.1. The number of azo groups is 1. The number of rotatable bonds is 4. The molecule has 9 heteroatoms. The number of phenolic OH excluding ortho intramolecular Hbond substituents is 1. The third kappa shape index (κ3) is 4.59. The van der Waals surface area contributed by atoms with E-state index in [9.17, 15) is 18.3 Å². The molecule has 120 valence electrons. The number of anilines is 1.